The van der Waals surface area contributed by atoms with E-state index < -0.39 is 0 Å². The van der Waals surface area contributed by atoms with Crippen molar-refractivity contribution in [2.45, 2.75) is 13.3 Å². The first-order valence-corrected chi connectivity index (χ1v) is 8.53. The number of esters is 1. The second-order valence-corrected chi connectivity index (χ2v) is 5.74. The Morgan fingerprint density at radius 2 is 1.96 bits per heavy atom. The molecule has 0 aliphatic carbocycles. The molecule has 0 saturated heterocycles. The Labute approximate surface area is 156 Å². The fourth-order valence-corrected chi connectivity index (χ4v) is 2.69. The Morgan fingerprint density at radius 3 is 2.74 bits per heavy atom. The molecule has 0 atom stereocenters. The van der Waals surface area contributed by atoms with Gasteiger partial charge in [0.2, 0.25) is 5.95 Å². The maximum absolute atomic E-state index is 11.4. The second-order valence-electron chi connectivity index (χ2n) is 5.74. The molecule has 2 aromatic carbocycles. The number of nitrogens with zero attached hydrogens (tertiary/aromatic N) is 2. The van der Waals surface area contributed by atoms with Crippen LogP contribution in [0.2, 0.25) is 0 Å². The number of nitrogens with two attached hydrogens (primary N) is 2. The fraction of sp³-hybridized carbons (Fsp3) is 0.211. The molecule has 0 radical (unpaired) electrons. The minimum absolute atomic E-state index is 0.153. The van der Waals surface area contributed by atoms with Crippen molar-refractivity contribution in [3.05, 3.63) is 42.5 Å². The Bertz CT molecular complexity index is 961. The molecule has 0 amide bonds. The number of fused-ring (bicyclic) bond motifs is 1. The van der Waals surface area contributed by atoms with E-state index in [0.717, 1.165) is 16.5 Å². The summed E-state index contributed by atoms with van der Waals surface area (Å²) < 4.78 is 10.5. The van der Waals surface area contributed by atoms with Crippen LogP contribution in [0.3, 0.4) is 0 Å². The molecule has 1 aromatic heterocycles. The van der Waals surface area contributed by atoms with Crippen molar-refractivity contribution in [2.75, 3.05) is 24.4 Å². The predicted octanol–water partition coefficient (Wildman–Crippen LogP) is 2.50. The van der Waals surface area contributed by atoms with E-state index in [-0.39, 0.29) is 24.9 Å². The van der Waals surface area contributed by atoms with E-state index in [1.165, 1.54) is 0 Å². The van der Waals surface area contributed by atoms with Crippen LogP contribution < -0.4 is 21.7 Å². The Balaban J connectivity index is 1.82. The molecule has 0 saturated carbocycles. The minimum Gasteiger partial charge on any atom is -0.493 e. The van der Waals surface area contributed by atoms with Gasteiger partial charge in [0, 0.05) is 5.39 Å². The summed E-state index contributed by atoms with van der Waals surface area (Å²) in [5.41, 5.74) is 10.8. The second kappa shape index (κ2) is 8.33. The van der Waals surface area contributed by atoms with Gasteiger partial charge in [0.1, 0.15) is 5.75 Å². The number of nitrogens with one attached hydrogen (secondary N) is 1. The van der Waals surface area contributed by atoms with E-state index in [1.807, 2.05) is 42.5 Å². The van der Waals surface area contributed by atoms with Gasteiger partial charge in [-0.15, -0.1) is 0 Å². The lowest BCUT2D eigenvalue weighted by molar-refractivity contribution is -0.143. The third kappa shape index (κ3) is 4.42. The largest absolute Gasteiger partial charge is 0.493 e. The standard InChI is InChI=1S/C19H21N5O3/c1-2-26-17(25)8-9-27-14-5-3-4-12(10-14)13-6-7-16-15(11-13)18(24-21)23-19(20)22-16/h3-7,10-11H,2,8-9,21H2,1H3,(H3,20,22,23,24). The smallest absolute Gasteiger partial charge is 0.309 e. The number of ether oxygens (including phenoxy) is 2. The van der Waals surface area contributed by atoms with E-state index in [9.17, 15) is 4.79 Å². The van der Waals surface area contributed by atoms with Crippen molar-refractivity contribution in [3.8, 4) is 16.9 Å². The maximum atomic E-state index is 11.4. The first kappa shape index (κ1) is 18.4. The lowest BCUT2D eigenvalue weighted by atomic mass is 10.0. The van der Waals surface area contributed by atoms with Crippen LogP contribution in [-0.2, 0) is 9.53 Å². The van der Waals surface area contributed by atoms with Crippen LogP contribution in [0.1, 0.15) is 13.3 Å². The first-order valence-electron chi connectivity index (χ1n) is 8.53. The van der Waals surface area contributed by atoms with E-state index >= 15 is 0 Å². The molecule has 3 rings (SSSR count). The van der Waals surface area contributed by atoms with Gasteiger partial charge in [-0.2, -0.15) is 4.98 Å². The number of rotatable bonds is 7. The molecule has 27 heavy (non-hydrogen) atoms. The van der Waals surface area contributed by atoms with Crippen molar-refractivity contribution < 1.29 is 14.3 Å². The van der Waals surface area contributed by atoms with Crippen LogP contribution in [0.5, 0.6) is 5.75 Å². The fourth-order valence-electron chi connectivity index (χ4n) is 2.69. The molecule has 5 N–H and O–H groups in total. The van der Waals surface area contributed by atoms with Crippen molar-refractivity contribution >= 4 is 28.6 Å². The molecule has 0 bridgehead atoms. The molecule has 0 spiro atoms. The summed E-state index contributed by atoms with van der Waals surface area (Å²) in [4.78, 5) is 19.7. The highest BCUT2D eigenvalue weighted by Crippen LogP contribution is 2.29. The zero-order valence-electron chi connectivity index (χ0n) is 14.9. The number of hydrogen-bond acceptors (Lipinski definition) is 8. The van der Waals surface area contributed by atoms with Crippen LogP contribution >= 0.6 is 0 Å². The Morgan fingerprint density at radius 1 is 1.15 bits per heavy atom. The maximum Gasteiger partial charge on any atom is 0.309 e. The molecule has 3 aromatic rings. The highest BCUT2D eigenvalue weighted by molar-refractivity contribution is 5.93. The van der Waals surface area contributed by atoms with Gasteiger partial charge in [0.25, 0.3) is 0 Å². The van der Waals surface area contributed by atoms with Gasteiger partial charge < -0.3 is 20.6 Å². The number of aromatic nitrogens is 2. The van der Waals surface area contributed by atoms with Gasteiger partial charge >= 0.3 is 5.97 Å². The molecule has 0 aliphatic rings. The lowest BCUT2D eigenvalue weighted by Crippen LogP contribution is -2.11. The highest BCUT2D eigenvalue weighted by Gasteiger charge is 2.08. The van der Waals surface area contributed by atoms with Crippen molar-refractivity contribution in [3.63, 3.8) is 0 Å². The quantitative estimate of drug-likeness (QED) is 0.330. The SMILES string of the molecule is CCOC(=O)CCOc1cccc(-c2ccc3nc(N)nc(NN)c3c2)c1. The first-order chi connectivity index (χ1) is 13.1. The molecule has 0 aliphatic heterocycles. The van der Waals surface area contributed by atoms with Gasteiger partial charge in [-0.25, -0.2) is 10.8 Å². The highest BCUT2D eigenvalue weighted by atomic mass is 16.5. The molecule has 0 fully saturated rings. The van der Waals surface area contributed by atoms with Crippen molar-refractivity contribution in [1.29, 1.82) is 0 Å². The van der Waals surface area contributed by atoms with E-state index in [1.54, 1.807) is 6.92 Å². The van der Waals surface area contributed by atoms with Crippen LogP contribution in [0, 0.1) is 0 Å². The van der Waals surface area contributed by atoms with Crippen LogP contribution in [0.4, 0.5) is 11.8 Å². The third-order valence-electron chi connectivity index (χ3n) is 3.90. The summed E-state index contributed by atoms with van der Waals surface area (Å²) in [6, 6.07) is 13.3. The monoisotopic (exact) mass is 367 g/mol. The van der Waals surface area contributed by atoms with E-state index in [0.29, 0.717) is 23.7 Å². The van der Waals surface area contributed by atoms with Crippen LogP contribution in [0.25, 0.3) is 22.0 Å². The summed E-state index contributed by atoms with van der Waals surface area (Å²) in [5, 5.41) is 0.762. The van der Waals surface area contributed by atoms with Gasteiger partial charge in [-0.1, -0.05) is 18.2 Å². The topological polar surface area (TPSA) is 125 Å². The van der Waals surface area contributed by atoms with Crippen molar-refractivity contribution in [2.24, 2.45) is 5.84 Å². The summed E-state index contributed by atoms with van der Waals surface area (Å²) >= 11 is 0. The van der Waals surface area contributed by atoms with E-state index in [4.69, 9.17) is 21.1 Å². The molecular weight excluding hydrogens is 346 g/mol. The molecule has 8 heteroatoms. The third-order valence-corrected chi connectivity index (χ3v) is 3.90. The number of carbonyl (C=O) groups excluding carboxylic acids is 1. The number of hydrazine groups is 1. The number of carbonyl (C=O) groups is 1. The molecule has 1 heterocycles. The summed E-state index contributed by atoms with van der Waals surface area (Å²) in [6.07, 6.45) is 0.207. The number of nitrogen functional groups attached to an aromatic ring is 2. The van der Waals surface area contributed by atoms with E-state index in [2.05, 4.69) is 15.4 Å². The van der Waals surface area contributed by atoms with Crippen molar-refractivity contribution in [1.82, 2.24) is 9.97 Å². The lowest BCUT2D eigenvalue weighted by Gasteiger charge is -2.10. The number of anilines is 2. The van der Waals surface area contributed by atoms with Gasteiger partial charge in [0.15, 0.2) is 5.82 Å². The average molecular weight is 367 g/mol. The normalized spacial score (nSPS) is 10.6. The van der Waals surface area contributed by atoms with Gasteiger partial charge in [-0.3, -0.25) is 4.79 Å². The number of hydrogen-bond donors (Lipinski definition) is 3. The zero-order chi connectivity index (χ0) is 19.2. The zero-order valence-corrected chi connectivity index (χ0v) is 14.9. The van der Waals surface area contributed by atoms with Crippen LogP contribution in [-0.4, -0.2) is 29.2 Å². The average Bonchev–Trinajstić information content (AvgIpc) is 2.67. The number of benzene rings is 2. The minimum atomic E-state index is -0.274. The Hall–Kier alpha value is -3.39. The molecule has 0 unspecified atom stereocenters. The van der Waals surface area contributed by atoms with Gasteiger partial charge in [0.05, 0.1) is 25.2 Å². The summed E-state index contributed by atoms with van der Waals surface area (Å²) in [7, 11) is 0. The summed E-state index contributed by atoms with van der Waals surface area (Å²) in [6.45, 7) is 2.40. The van der Waals surface area contributed by atoms with Crippen LogP contribution in [0.15, 0.2) is 42.5 Å². The Kier molecular flexibility index (Phi) is 5.68. The predicted molar refractivity (Wildman–Crippen MR) is 104 cm³/mol. The van der Waals surface area contributed by atoms with Gasteiger partial charge in [-0.05, 0) is 42.3 Å². The molecule has 8 nitrogen and oxygen atoms in total. The molecular formula is C19H21N5O3. The summed E-state index contributed by atoms with van der Waals surface area (Å²) in [5.74, 6) is 6.55. The molecule has 140 valence electrons.